The van der Waals surface area contributed by atoms with Gasteiger partial charge in [0.1, 0.15) is 0 Å². The molecule has 0 aromatic carbocycles. The van der Waals surface area contributed by atoms with E-state index in [0.29, 0.717) is 5.41 Å². The van der Waals surface area contributed by atoms with Crippen LogP contribution in [0.25, 0.3) is 0 Å². The summed E-state index contributed by atoms with van der Waals surface area (Å²) in [6, 6.07) is 0.725. The Kier molecular flexibility index (Phi) is 4.45. The molecule has 0 amide bonds. The van der Waals surface area contributed by atoms with Crippen molar-refractivity contribution in [3.8, 4) is 0 Å². The van der Waals surface area contributed by atoms with Gasteiger partial charge in [-0.2, -0.15) is 0 Å². The van der Waals surface area contributed by atoms with Crippen LogP contribution in [0.3, 0.4) is 0 Å². The Morgan fingerprint density at radius 3 is 2.76 bits per heavy atom. The van der Waals surface area contributed by atoms with E-state index in [1.54, 1.807) is 0 Å². The molecule has 0 aromatic rings. The lowest BCUT2D eigenvalue weighted by Crippen LogP contribution is -2.54. The minimum atomic E-state index is 0.568. The lowest BCUT2D eigenvalue weighted by atomic mass is 9.81. The van der Waals surface area contributed by atoms with Crippen molar-refractivity contribution >= 4 is 0 Å². The second kappa shape index (κ2) is 5.68. The largest absolute Gasteiger partial charge is 0.316 e. The van der Waals surface area contributed by atoms with E-state index < -0.39 is 0 Å². The van der Waals surface area contributed by atoms with Crippen LogP contribution in [0.2, 0.25) is 0 Å². The summed E-state index contributed by atoms with van der Waals surface area (Å²) < 4.78 is 0. The first-order valence-corrected chi connectivity index (χ1v) is 7.28. The van der Waals surface area contributed by atoms with E-state index in [1.807, 2.05) is 0 Å². The van der Waals surface area contributed by atoms with Gasteiger partial charge in [0.05, 0.1) is 0 Å². The summed E-state index contributed by atoms with van der Waals surface area (Å²) in [5, 5.41) is 3.57. The lowest BCUT2D eigenvalue weighted by molar-refractivity contribution is 0.0565. The minimum Gasteiger partial charge on any atom is -0.316 e. The van der Waals surface area contributed by atoms with E-state index in [9.17, 15) is 0 Å². The molecule has 2 rings (SSSR count). The Bertz CT molecular complexity index is 236. The summed E-state index contributed by atoms with van der Waals surface area (Å²) in [5.41, 5.74) is 0.568. The van der Waals surface area contributed by atoms with Crippen molar-refractivity contribution < 1.29 is 0 Å². The highest BCUT2D eigenvalue weighted by molar-refractivity contribution is 4.92. The average Bonchev–Trinajstić information content (AvgIpc) is 2.72. The number of likely N-dealkylation sites (N-methyl/N-ethyl adjacent to an activating group) is 1. The van der Waals surface area contributed by atoms with Gasteiger partial charge in [0.2, 0.25) is 0 Å². The van der Waals surface area contributed by atoms with Gasteiger partial charge in [-0.1, -0.05) is 13.3 Å². The van der Waals surface area contributed by atoms with Gasteiger partial charge in [0.15, 0.2) is 0 Å². The van der Waals surface area contributed by atoms with Gasteiger partial charge in [-0.3, -0.25) is 4.90 Å². The van der Waals surface area contributed by atoms with Gasteiger partial charge in [0.25, 0.3) is 0 Å². The van der Waals surface area contributed by atoms with Gasteiger partial charge in [0, 0.05) is 38.8 Å². The topological polar surface area (TPSA) is 18.5 Å². The molecule has 2 atom stereocenters. The Morgan fingerprint density at radius 1 is 1.35 bits per heavy atom. The summed E-state index contributed by atoms with van der Waals surface area (Å²) in [7, 11) is 2.24. The molecular formula is C14H29N3. The first kappa shape index (κ1) is 13.3. The van der Waals surface area contributed by atoms with Gasteiger partial charge < -0.3 is 10.2 Å². The number of piperazine rings is 1. The van der Waals surface area contributed by atoms with E-state index in [2.05, 4.69) is 36.0 Å². The predicted octanol–water partition coefficient (Wildman–Crippen LogP) is 1.40. The summed E-state index contributed by atoms with van der Waals surface area (Å²) in [6.45, 7) is 12.2. The van der Waals surface area contributed by atoms with Crippen molar-refractivity contribution in [1.82, 2.24) is 15.1 Å². The van der Waals surface area contributed by atoms with Gasteiger partial charge in [-0.05, 0) is 38.8 Å². The number of hydrogen-bond acceptors (Lipinski definition) is 3. The van der Waals surface area contributed by atoms with Crippen LogP contribution in [0.15, 0.2) is 0 Å². The molecule has 3 nitrogen and oxygen atoms in total. The summed E-state index contributed by atoms with van der Waals surface area (Å²) >= 11 is 0. The molecule has 0 bridgehead atoms. The second-order valence-electron chi connectivity index (χ2n) is 6.26. The van der Waals surface area contributed by atoms with Gasteiger partial charge in [-0.15, -0.1) is 0 Å². The van der Waals surface area contributed by atoms with Crippen LogP contribution in [0.5, 0.6) is 0 Å². The van der Waals surface area contributed by atoms with Crippen molar-refractivity contribution in [2.24, 2.45) is 5.41 Å². The highest BCUT2D eigenvalue weighted by Crippen LogP contribution is 2.33. The molecular weight excluding hydrogens is 210 g/mol. The lowest BCUT2D eigenvalue weighted by Gasteiger charge is -2.43. The van der Waals surface area contributed by atoms with E-state index in [0.717, 1.165) is 6.04 Å². The molecule has 0 radical (unpaired) electrons. The molecule has 0 aliphatic carbocycles. The fraction of sp³-hybridized carbons (Fsp3) is 1.00. The Morgan fingerprint density at radius 2 is 2.18 bits per heavy atom. The maximum atomic E-state index is 3.57. The zero-order valence-electron chi connectivity index (χ0n) is 11.8. The molecule has 0 saturated carbocycles. The Hall–Kier alpha value is -0.120. The molecule has 2 fully saturated rings. The molecule has 1 N–H and O–H groups in total. The van der Waals surface area contributed by atoms with Crippen LogP contribution in [-0.4, -0.2) is 62.2 Å². The SMILES string of the molecule is CCCC1(CN2CCN(C)CC2C)CCNC1. The van der Waals surface area contributed by atoms with Crippen LogP contribution < -0.4 is 5.32 Å². The highest BCUT2D eigenvalue weighted by Gasteiger charge is 2.36. The number of rotatable bonds is 4. The molecule has 17 heavy (non-hydrogen) atoms. The fourth-order valence-electron chi connectivity index (χ4n) is 3.60. The Labute approximate surface area is 107 Å². The van der Waals surface area contributed by atoms with Crippen LogP contribution in [0.1, 0.15) is 33.1 Å². The third-order valence-corrected chi connectivity index (χ3v) is 4.62. The highest BCUT2D eigenvalue weighted by atomic mass is 15.3. The first-order chi connectivity index (χ1) is 8.15. The van der Waals surface area contributed by atoms with Crippen LogP contribution in [0, 0.1) is 5.41 Å². The molecule has 2 heterocycles. The van der Waals surface area contributed by atoms with Crippen LogP contribution >= 0.6 is 0 Å². The maximum Gasteiger partial charge on any atom is 0.0195 e. The predicted molar refractivity (Wildman–Crippen MR) is 73.4 cm³/mol. The molecule has 100 valence electrons. The summed E-state index contributed by atoms with van der Waals surface area (Å²) in [4.78, 5) is 5.18. The zero-order chi connectivity index (χ0) is 12.3. The van der Waals surface area contributed by atoms with E-state index in [4.69, 9.17) is 0 Å². The molecule has 2 aliphatic rings. The van der Waals surface area contributed by atoms with E-state index in [-0.39, 0.29) is 0 Å². The van der Waals surface area contributed by atoms with Gasteiger partial charge in [-0.25, -0.2) is 0 Å². The zero-order valence-corrected chi connectivity index (χ0v) is 11.8. The summed E-state index contributed by atoms with van der Waals surface area (Å²) in [5.74, 6) is 0. The third-order valence-electron chi connectivity index (χ3n) is 4.62. The molecule has 3 heteroatoms. The maximum absolute atomic E-state index is 3.57. The molecule has 2 saturated heterocycles. The third kappa shape index (κ3) is 3.21. The average molecular weight is 239 g/mol. The number of hydrogen-bond donors (Lipinski definition) is 1. The van der Waals surface area contributed by atoms with Crippen molar-refractivity contribution in [3.05, 3.63) is 0 Å². The molecule has 0 aromatic heterocycles. The van der Waals surface area contributed by atoms with Gasteiger partial charge >= 0.3 is 0 Å². The van der Waals surface area contributed by atoms with E-state index in [1.165, 1.54) is 58.5 Å². The molecule has 2 aliphatic heterocycles. The number of nitrogens with one attached hydrogen (secondary N) is 1. The Balaban J connectivity index is 1.93. The second-order valence-corrected chi connectivity index (χ2v) is 6.26. The van der Waals surface area contributed by atoms with Crippen molar-refractivity contribution in [1.29, 1.82) is 0 Å². The quantitative estimate of drug-likeness (QED) is 0.800. The number of nitrogens with zero attached hydrogens (tertiary/aromatic N) is 2. The fourth-order valence-corrected chi connectivity index (χ4v) is 3.60. The minimum absolute atomic E-state index is 0.568. The van der Waals surface area contributed by atoms with Crippen LogP contribution in [0.4, 0.5) is 0 Å². The summed E-state index contributed by atoms with van der Waals surface area (Å²) in [6.07, 6.45) is 4.09. The first-order valence-electron chi connectivity index (χ1n) is 7.28. The van der Waals surface area contributed by atoms with Crippen molar-refractivity contribution in [3.63, 3.8) is 0 Å². The molecule has 0 spiro atoms. The molecule has 2 unspecified atom stereocenters. The smallest absolute Gasteiger partial charge is 0.0195 e. The normalized spacial score (nSPS) is 36.5. The monoisotopic (exact) mass is 239 g/mol. The van der Waals surface area contributed by atoms with E-state index >= 15 is 0 Å². The van der Waals surface area contributed by atoms with Crippen LogP contribution in [-0.2, 0) is 0 Å². The van der Waals surface area contributed by atoms with Crippen molar-refractivity contribution in [2.45, 2.75) is 39.2 Å². The van der Waals surface area contributed by atoms with Crippen molar-refractivity contribution in [2.75, 3.05) is 46.3 Å². The standard InChI is InChI=1S/C14H29N3/c1-4-5-14(6-7-15-11-14)12-17-9-8-16(3)10-13(17)2/h13,15H,4-12H2,1-3H3.